The van der Waals surface area contributed by atoms with Crippen molar-refractivity contribution in [1.82, 2.24) is 15.5 Å². The van der Waals surface area contributed by atoms with Crippen molar-refractivity contribution in [3.63, 3.8) is 0 Å². The van der Waals surface area contributed by atoms with Crippen LogP contribution in [0.1, 0.15) is 22.5 Å². The number of benzene rings is 1. The van der Waals surface area contributed by atoms with Gasteiger partial charge in [0.2, 0.25) is 0 Å². The van der Waals surface area contributed by atoms with Gasteiger partial charge >= 0.3 is 0 Å². The first-order chi connectivity index (χ1) is 12.1. The summed E-state index contributed by atoms with van der Waals surface area (Å²) in [4.78, 5) is 16.1. The summed E-state index contributed by atoms with van der Waals surface area (Å²) in [6.07, 6.45) is 4.88. The maximum atomic E-state index is 12.1. The van der Waals surface area contributed by atoms with Crippen LogP contribution >= 0.6 is 23.2 Å². The van der Waals surface area contributed by atoms with Gasteiger partial charge < -0.3 is 9.84 Å². The average Bonchev–Trinajstić information content (AvgIpc) is 3.12. The van der Waals surface area contributed by atoms with Crippen LogP contribution in [-0.4, -0.2) is 22.6 Å². The molecule has 3 aromatic rings. The predicted molar refractivity (Wildman–Crippen MR) is 96.9 cm³/mol. The lowest BCUT2D eigenvalue weighted by Crippen LogP contribution is -2.25. The quantitative estimate of drug-likeness (QED) is 0.648. The Kier molecular flexibility index (Phi) is 5.68. The molecule has 0 saturated heterocycles. The molecular weight excluding hydrogens is 361 g/mol. The standard InChI is InChI=1S/C18H15Cl2N3O2/c19-14-6-5-12(9-15(14)20)3-1-8-22-18(24)16-10-17(25-23-16)13-4-2-7-21-11-13/h2,4-7,9-11H,1,3,8H2,(H,22,24). The number of aromatic nitrogens is 2. The highest BCUT2D eigenvalue weighted by Crippen LogP contribution is 2.23. The summed E-state index contributed by atoms with van der Waals surface area (Å²) in [7, 11) is 0. The maximum absolute atomic E-state index is 12.1. The third kappa shape index (κ3) is 4.59. The van der Waals surface area contributed by atoms with Crippen LogP contribution in [0.3, 0.4) is 0 Å². The van der Waals surface area contributed by atoms with Crippen molar-refractivity contribution in [2.45, 2.75) is 12.8 Å². The largest absolute Gasteiger partial charge is 0.355 e. The molecule has 2 heterocycles. The maximum Gasteiger partial charge on any atom is 0.273 e. The second-order valence-electron chi connectivity index (χ2n) is 5.43. The van der Waals surface area contributed by atoms with E-state index in [0.717, 1.165) is 24.0 Å². The van der Waals surface area contributed by atoms with Gasteiger partial charge in [-0.05, 0) is 42.7 Å². The van der Waals surface area contributed by atoms with Crippen LogP contribution in [0.2, 0.25) is 10.0 Å². The van der Waals surface area contributed by atoms with E-state index in [1.165, 1.54) is 0 Å². The summed E-state index contributed by atoms with van der Waals surface area (Å²) in [6.45, 7) is 0.522. The summed E-state index contributed by atoms with van der Waals surface area (Å²) in [5.74, 6) is 0.238. The molecule has 0 saturated carbocycles. The van der Waals surface area contributed by atoms with E-state index in [4.69, 9.17) is 27.7 Å². The molecule has 0 fully saturated rings. The number of amides is 1. The number of nitrogens with one attached hydrogen (secondary N) is 1. The van der Waals surface area contributed by atoms with Gasteiger partial charge in [0.25, 0.3) is 5.91 Å². The fraction of sp³-hybridized carbons (Fsp3) is 0.167. The molecule has 25 heavy (non-hydrogen) atoms. The van der Waals surface area contributed by atoms with Crippen molar-refractivity contribution in [3.05, 3.63) is 70.1 Å². The lowest BCUT2D eigenvalue weighted by Gasteiger charge is -2.04. The number of hydrogen-bond donors (Lipinski definition) is 1. The highest BCUT2D eigenvalue weighted by Gasteiger charge is 2.13. The molecule has 0 aliphatic heterocycles. The number of carbonyl (C=O) groups excluding carboxylic acids is 1. The summed E-state index contributed by atoms with van der Waals surface area (Å²) >= 11 is 11.9. The SMILES string of the molecule is O=C(NCCCc1ccc(Cl)c(Cl)c1)c1cc(-c2cccnc2)on1. The Bertz CT molecular complexity index is 866. The van der Waals surface area contributed by atoms with Crippen molar-refractivity contribution in [2.24, 2.45) is 0 Å². The van der Waals surface area contributed by atoms with Gasteiger partial charge in [0.05, 0.1) is 10.0 Å². The number of halogens is 2. The number of carbonyl (C=O) groups is 1. The number of nitrogens with zero attached hydrogens (tertiary/aromatic N) is 2. The van der Waals surface area contributed by atoms with Gasteiger partial charge in [0.15, 0.2) is 11.5 Å². The van der Waals surface area contributed by atoms with Crippen LogP contribution in [0.25, 0.3) is 11.3 Å². The second kappa shape index (κ2) is 8.14. The van der Waals surface area contributed by atoms with Crippen LogP contribution in [-0.2, 0) is 6.42 Å². The molecule has 0 atom stereocenters. The number of pyridine rings is 1. The molecule has 1 aromatic carbocycles. The molecule has 7 heteroatoms. The number of rotatable bonds is 6. The zero-order chi connectivity index (χ0) is 17.6. The van der Waals surface area contributed by atoms with E-state index in [1.807, 2.05) is 18.2 Å². The molecule has 1 amide bonds. The molecule has 0 bridgehead atoms. The van der Waals surface area contributed by atoms with E-state index in [2.05, 4.69) is 15.5 Å². The summed E-state index contributed by atoms with van der Waals surface area (Å²) in [6, 6.07) is 10.8. The minimum Gasteiger partial charge on any atom is -0.355 e. The van der Waals surface area contributed by atoms with E-state index >= 15 is 0 Å². The van der Waals surface area contributed by atoms with Crippen LogP contribution in [0.15, 0.2) is 53.3 Å². The van der Waals surface area contributed by atoms with Crippen LogP contribution in [0, 0.1) is 0 Å². The number of aryl methyl sites for hydroxylation is 1. The first-order valence-corrected chi connectivity index (χ1v) is 8.48. The molecule has 0 aliphatic carbocycles. The van der Waals surface area contributed by atoms with Crippen molar-refractivity contribution in [2.75, 3.05) is 6.54 Å². The Morgan fingerprint density at radius 2 is 2.04 bits per heavy atom. The van der Waals surface area contributed by atoms with E-state index in [1.54, 1.807) is 30.6 Å². The Morgan fingerprint density at radius 3 is 2.80 bits per heavy atom. The van der Waals surface area contributed by atoms with E-state index in [0.29, 0.717) is 22.4 Å². The molecule has 3 rings (SSSR count). The zero-order valence-corrected chi connectivity index (χ0v) is 14.7. The van der Waals surface area contributed by atoms with Crippen molar-refractivity contribution in [3.8, 4) is 11.3 Å². The Labute approximate surface area is 155 Å². The smallest absolute Gasteiger partial charge is 0.273 e. The van der Waals surface area contributed by atoms with Crippen LogP contribution in [0.5, 0.6) is 0 Å². The first kappa shape index (κ1) is 17.5. The fourth-order valence-electron chi connectivity index (χ4n) is 2.31. The summed E-state index contributed by atoms with van der Waals surface area (Å²) < 4.78 is 5.19. The van der Waals surface area contributed by atoms with Crippen molar-refractivity contribution < 1.29 is 9.32 Å². The van der Waals surface area contributed by atoms with Gasteiger partial charge in [-0.15, -0.1) is 0 Å². The van der Waals surface area contributed by atoms with Gasteiger partial charge in [-0.25, -0.2) is 0 Å². The summed E-state index contributed by atoms with van der Waals surface area (Å²) in [5, 5.41) is 7.70. The molecule has 0 unspecified atom stereocenters. The second-order valence-corrected chi connectivity index (χ2v) is 6.24. The van der Waals surface area contributed by atoms with Gasteiger partial charge in [-0.2, -0.15) is 0 Å². The number of hydrogen-bond acceptors (Lipinski definition) is 4. The van der Waals surface area contributed by atoms with Gasteiger partial charge in [-0.1, -0.05) is 34.4 Å². The Hall–Kier alpha value is -2.37. The fourth-order valence-corrected chi connectivity index (χ4v) is 2.63. The molecule has 1 N–H and O–H groups in total. The van der Waals surface area contributed by atoms with E-state index in [9.17, 15) is 4.79 Å². The molecule has 128 valence electrons. The monoisotopic (exact) mass is 375 g/mol. The minimum atomic E-state index is -0.270. The van der Waals surface area contributed by atoms with Gasteiger partial charge in [-0.3, -0.25) is 9.78 Å². The topological polar surface area (TPSA) is 68.0 Å². The van der Waals surface area contributed by atoms with Crippen LogP contribution < -0.4 is 5.32 Å². The first-order valence-electron chi connectivity index (χ1n) is 7.73. The normalized spacial score (nSPS) is 10.6. The molecule has 0 radical (unpaired) electrons. The van der Waals surface area contributed by atoms with E-state index < -0.39 is 0 Å². The third-order valence-electron chi connectivity index (χ3n) is 3.60. The van der Waals surface area contributed by atoms with Gasteiger partial charge in [0.1, 0.15) is 0 Å². The van der Waals surface area contributed by atoms with Crippen LogP contribution in [0.4, 0.5) is 0 Å². The average molecular weight is 376 g/mol. The van der Waals surface area contributed by atoms with Crippen molar-refractivity contribution in [1.29, 1.82) is 0 Å². The van der Waals surface area contributed by atoms with Gasteiger partial charge in [0, 0.05) is 30.6 Å². The van der Waals surface area contributed by atoms with E-state index in [-0.39, 0.29) is 11.6 Å². The van der Waals surface area contributed by atoms with Crippen molar-refractivity contribution >= 4 is 29.1 Å². The Morgan fingerprint density at radius 1 is 1.16 bits per heavy atom. The lowest BCUT2D eigenvalue weighted by molar-refractivity contribution is 0.0944. The molecule has 0 aliphatic rings. The molecule has 0 spiro atoms. The molecular formula is C18H15Cl2N3O2. The minimum absolute atomic E-state index is 0.244. The lowest BCUT2D eigenvalue weighted by atomic mass is 10.1. The summed E-state index contributed by atoms with van der Waals surface area (Å²) in [5.41, 5.74) is 2.09. The zero-order valence-electron chi connectivity index (χ0n) is 13.2. The molecule has 2 aromatic heterocycles. The predicted octanol–water partition coefficient (Wildman–Crippen LogP) is 4.41. The molecule has 5 nitrogen and oxygen atoms in total. The Balaban J connectivity index is 1.49. The third-order valence-corrected chi connectivity index (χ3v) is 4.34. The highest BCUT2D eigenvalue weighted by atomic mass is 35.5. The highest BCUT2D eigenvalue weighted by molar-refractivity contribution is 6.42.